The molecule has 1 aromatic rings. The van der Waals surface area contributed by atoms with Gasteiger partial charge in [0, 0.05) is 64.1 Å². The number of carbonyl (C=O) groups is 1. The number of unbranched alkanes of at least 4 members (excludes halogenated alkanes) is 1. The highest BCUT2D eigenvalue weighted by Crippen LogP contribution is 2.24. The maximum absolute atomic E-state index is 11.4. The van der Waals surface area contributed by atoms with Crippen LogP contribution in [0.1, 0.15) is 44.6 Å². The molecule has 0 radical (unpaired) electrons. The molecule has 0 atom stereocenters. The molecule has 30 heavy (non-hydrogen) atoms. The van der Waals surface area contributed by atoms with Crippen molar-refractivity contribution >= 4 is 41.7 Å². The number of hydrogen-bond acceptors (Lipinski definition) is 5. The Balaban J connectivity index is 0.00000450. The highest BCUT2D eigenvalue weighted by Gasteiger charge is 2.24. The molecule has 9 heteroatoms. The van der Waals surface area contributed by atoms with Crippen LogP contribution in [-0.4, -0.2) is 56.7 Å². The van der Waals surface area contributed by atoms with Gasteiger partial charge in [-0.2, -0.15) is 0 Å². The van der Waals surface area contributed by atoms with Crippen molar-refractivity contribution in [2.75, 3.05) is 44.8 Å². The highest BCUT2D eigenvalue weighted by atomic mass is 127. The van der Waals surface area contributed by atoms with Crippen molar-refractivity contribution in [3.63, 3.8) is 0 Å². The van der Waals surface area contributed by atoms with Gasteiger partial charge in [0.1, 0.15) is 5.82 Å². The Morgan fingerprint density at radius 2 is 2.03 bits per heavy atom. The molecule has 0 aromatic carbocycles. The lowest BCUT2D eigenvalue weighted by atomic mass is 9.96. The van der Waals surface area contributed by atoms with Crippen LogP contribution in [0.5, 0.6) is 0 Å². The number of halogens is 1. The number of pyridine rings is 1. The largest absolute Gasteiger partial charge is 0.381 e. The van der Waals surface area contributed by atoms with E-state index in [9.17, 15) is 4.79 Å². The fourth-order valence-corrected chi connectivity index (χ4v) is 3.36. The number of anilines is 1. The van der Waals surface area contributed by atoms with Crippen LogP contribution in [-0.2, 0) is 16.1 Å². The average Bonchev–Trinajstić information content (AvgIpc) is 2.75. The lowest BCUT2D eigenvalue weighted by molar-refractivity contribution is -0.122. The summed E-state index contributed by atoms with van der Waals surface area (Å²) in [6.45, 7) is 6.79. The minimum atomic E-state index is -0.196. The molecule has 1 aliphatic rings. The standard InChI is InChI=1S/C21H36N6O2.HI/c1-3-4-14-29-15-6-11-25-21(23-2)26-16-18-7-5-10-24-20(18)27-12-8-17(9-13-27)19(22)28;/h5,7,10,17H,3-4,6,8-9,11-16H2,1-2H3,(H2,22,28)(H2,23,25,26);1H. The van der Waals surface area contributed by atoms with E-state index in [0.717, 1.165) is 82.3 Å². The third-order valence-corrected chi connectivity index (χ3v) is 5.13. The van der Waals surface area contributed by atoms with Gasteiger partial charge in [-0.25, -0.2) is 4.98 Å². The number of piperidine rings is 1. The summed E-state index contributed by atoms with van der Waals surface area (Å²) < 4.78 is 5.58. The molecule has 1 amide bonds. The van der Waals surface area contributed by atoms with Crippen molar-refractivity contribution in [3.8, 4) is 0 Å². The molecule has 1 fully saturated rings. The second-order valence-corrected chi connectivity index (χ2v) is 7.32. The van der Waals surface area contributed by atoms with E-state index in [1.807, 2.05) is 12.3 Å². The minimum Gasteiger partial charge on any atom is -0.381 e. The van der Waals surface area contributed by atoms with Crippen molar-refractivity contribution < 1.29 is 9.53 Å². The molecule has 1 aromatic heterocycles. The van der Waals surface area contributed by atoms with Crippen molar-refractivity contribution in [3.05, 3.63) is 23.9 Å². The Morgan fingerprint density at radius 3 is 2.70 bits per heavy atom. The van der Waals surface area contributed by atoms with Gasteiger partial charge in [-0.1, -0.05) is 19.4 Å². The van der Waals surface area contributed by atoms with Crippen LogP contribution < -0.4 is 21.3 Å². The van der Waals surface area contributed by atoms with Crippen LogP contribution in [0.2, 0.25) is 0 Å². The number of carbonyl (C=O) groups excluding carboxylic acids is 1. The van der Waals surface area contributed by atoms with Crippen molar-refractivity contribution in [2.24, 2.45) is 16.6 Å². The quantitative estimate of drug-likeness (QED) is 0.175. The first kappa shape index (κ1) is 26.4. The first-order valence-electron chi connectivity index (χ1n) is 10.7. The van der Waals surface area contributed by atoms with Crippen LogP contribution in [0.3, 0.4) is 0 Å². The number of nitrogens with one attached hydrogen (secondary N) is 2. The van der Waals surface area contributed by atoms with E-state index in [1.165, 1.54) is 0 Å². The Bertz CT molecular complexity index is 650. The Labute approximate surface area is 197 Å². The number of ether oxygens (including phenoxy) is 1. The summed E-state index contributed by atoms with van der Waals surface area (Å²) in [5, 5.41) is 6.68. The van der Waals surface area contributed by atoms with Gasteiger partial charge in [0.25, 0.3) is 0 Å². The molecule has 0 aliphatic carbocycles. The van der Waals surface area contributed by atoms with Crippen molar-refractivity contribution in [1.29, 1.82) is 0 Å². The second kappa shape index (κ2) is 15.2. The van der Waals surface area contributed by atoms with E-state index in [1.54, 1.807) is 7.05 Å². The number of guanidine groups is 1. The summed E-state index contributed by atoms with van der Waals surface area (Å²) in [7, 11) is 1.77. The molecule has 1 saturated heterocycles. The molecule has 0 saturated carbocycles. The van der Waals surface area contributed by atoms with Crippen molar-refractivity contribution in [2.45, 2.75) is 45.6 Å². The first-order valence-corrected chi connectivity index (χ1v) is 10.7. The molecule has 2 heterocycles. The third-order valence-electron chi connectivity index (χ3n) is 5.13. The predicted octanol–water partition coefficient (Wildman–Crippen LogP) is 2.27. The average molecular weight is 532 g/mol. The number of amides is 1. The Hall–Kier alpha value is -1.62. The van der Waals surface area contributed by atoms with E-state index < -0.39 is 0 Å². The molecule has 170 valence electrons. The molecule has 2 rings (SSSR count). The van der Waals surface area contributed by atoms with Crippen LogP contribution in [0.25, 0.3) is 0 Å². The Morgan fingerprint density at radius 1 is 1.30 bits per heavy atom. The maximum atomic E-state index is 11.4. The number of aromatic nitrogens is 1. The molecular weight excluding hydrogens is 495 g/mol. The number of hydrogen-bond donors (Lipinski definition) is 3. The molecular formula is C21H37IN6O2. The molecule has 0 unspecified atom stereocenters. The lowest BCUT2D eigenvalue weighted by Crippen LogP contribution is -2.40. The predicted molar refractivity (Wildman–Crippen MR) is 132 cm³/mol. The zero-order valence-electron chi connectivity index (χ0n) is 18.2. The van der Waals surface area contributed by atoms with Crippen LogP contribution in [0, 0.1) is 5.92 Å². The van der Waals surface area contributed by atoms with Gasteiger partial charge < -0.3 is 26.0 Å². The van der Waals surface area contributed by atoms with E-state index in [-0.39, 0.29) is 35.8 Å². The molecule has 1 aliphatic heterocycles. The number of nitrogens with zero attached hydrogens (tertiary/aromatic N) is 3. The molecule has 4 N–H and O–H groups in total. The molecule has 0 bridgehead atoms. The minimum absolute atomic E-state index is 0. The fraction of sp³-hybridized carbons (Fsp3) is 0.667. The zero-order chi connectivity index (χ0) is 20.9. The monoisotopic (exact) mass is 532 g/mol. The van der Waals surface area contributed by atoms with Gasteiger partial charge in [0.15, 0.2) is 5.96 Å². The maximum Gasteiger partial charge on any atom is 0.220 e. The number of rotatable bonds is 11. The van der Waals surface area contributed by atoms with Crippen LogP contribution in [0.4, 0.5) is 5.82 Å². The van der Waals surface area contributed by atoms with Gasteiger partial charge >= 0.3 is 0 Å². The first-order chi connectivity index (χ1) is 14.2. The number of aliphatic imine (C=N–C) groups is 1. The van der Waals surface area contributed by atoms with Gasteiger partial charge in [0.2, 0.25) is 5.91 Å². The summed E-state index contributed by atoms with van der Waals surface area (Å²) in [5.41, 5.74) is 6.55. The van der Waals surface area contributed by atoms with E-state index in [2.05, 4.69) is 38.5 Å². The normalized spacial score (nSPS) is 14.9. The summed E-state index contributed by atoms with van der Waals surface area (Å²) in [6, 6.07) is 4.02. The van der Waals surface area contributed by atoms with Gasteiger partial charge in [-0.15, -0.1) is 24.0 Å². The van der Waals surface area contributed by atoms with E-state index in [4.69, 9.17) is 10.5 Å². The van der Waals surface area contributed by atoms with E-state index >= 15 is 0 Å². The van der Waals surface area contributed by atoms with Crippen molar-refractivity contribution in [1.82, 2.24) is 15.6 Å². The fourth-order valence-electron chi connectivity index (χ4n) is 3.36. The van der Waals surface area contributed by atoms with Gasteiger partial charge in [0.05, 0.1) is 0 Å². The van der Waals surface area contributed by atoms with E-state index in [0.29, 0.717) is 6.54 Å². The number of nitrogens with two attached hydrogens (primary N) is 1. The SMILES string of the molecule is CCCCOCCCNC(=NC)NCc1cccnc1N1CCC(C(N)=O)CC1.I. The van der Waals surface area contributed by atoms with Crippen LogP contribution >= 0.6 is 24.0 Å². The summed E-state index contributed by atoms with van der Waals surface area (Å²) in [4.78, 5) is 22.5. The third kappa shape index (κ3) is 9.03. The summed E-state index contributed by atoms with van der Waals surface area (Å²) >= 11 is 0. The van der Waals surface area contributed by atoms with Gasteiger partial charge in [-0.05, 0) is 31.7 Å². The summed E-state index contributed by atoms with van der Waals surface area (Å²) in [5.74, 6) is 1.51. The number of primary amides is 1. The van der Waals surface area contributed by atoms with Crippen LogP contribution in [0.15, 0.2) is 23.3 Å². The van der Waals surface area contributed by atoms with Gasteiger partial charge in [-0.3, -0.25) is 9.79 Å². The lowest BCUT2D eigenvalue weighted by Gasteiger charge is -2.32. The summed E-state index contributed by atoms with van der Waals surface area (Å²) in [6.07, 6.45) is 6.59. The Kier molecular flexibility index (Phi) is 13.4. The second-order valence-electron chi connectivity index (χ2n) is 7.32. The zero-order valence-corrected chi connectivity index (χ0v) is 20.6. The molecule has 0 spiro atoms. The topological polar surface area (TPSA) is 105 Å². The highest BCUT2D eigenvalue weighted by molar-refractivity contribution is 14.0. The molecule has 8 nitrogen and oxygen atoms in total. The smallest absolute Gasteiger partial charge is 0.220 e.